The molecule has 1 aromatic heterocycles. The van der Waals surface area contributed by atoms with Crippen molar-refractivity contribution in [3.8, 4) is 5.75 Å². The summed E-state index contributed by atoms with van der Waals surface area (Å²) < 4.78 is 11.3. The van der Waals surface area contributed by atoms with Gasteiger partial charge >= 0.3 is 0 Å². The Bertz CT molecular complexity index is 450. The highest BCUT2D eigenvalue weighted by Gasteiger charge is 2.15. The van der Waals surface area contributed by atoms with E-state index in [2.05, 4.69) is 28.5 Å². The highest BCUT2D eigenvalue weighted by atomic mass is 16.5. The van der Waals surface area contributed by atoms with Crippen molar-refractivity contribution in [3.05, 3.63) is 30.1 Å². The number of nitrogens with one attached hydrogen (secondary N) is 1. The van der Waals surface area contributed by atoms with Crippen molar-refractivity contribution in [1.29, 1.82) is 0 Å². The fourth-order valence-electron chi connectivity index (χ4n) is 2.67. The number of pyridine rings is 1. The van der Waals surface area contributed by atoms with E-state index in [0.29, 0.717) is 5.92 Å². The lowest BCUT2D eigenvalue weighted by atomic mass is 10.1. The molecule has 0 radical (unpaired) electrons. The molecule has 0 saturated carbocycles. The lowest BCUT2D eigenvalue weighted by Crippen LogP contribution is -2.25. The summed E-state index contributed by atoms with van der Waals surface area (Å²) in [5, 5.41) is 3.37. The first-order valence-corrected chi connectivity index (χ1v) is 7.48. The minimum atomic E-state index is 0.267. The number of hydrogen-bond acceptors (Lipinski definition) is 4. The van der Waals surface area contributed by atoms with Gasteiger partial charge in [-0.25, -0.2) is 0 Å². The second-order valence-electron chi connectivity index (χ2n) is 5.50. The number of rotatable bonds is 4. The van der Waals surface area contributed by atoms with Crippen LogP contribution in [0.5, 0.6) is 5.75 Å². The van der Waals surface area contributed by atoms with Gasteiger partial charge in [0.15, 0.2) is 0 Å². The molecule has 2 aliphatic heterocycles. The first-order valence-electron chi connectivity index (χ1n) is 7.48. The number of nitrogens with zero attached hydrogens (tertiary/aromatic N) is 1. The second-order valence-corrected chi connectivity index (χ2v) is 5.50. The molecule has 1 unspecified atom stereocenters. The van der Waals surface area contributed by atoms with Crippen LogP contribution in [0.15, 0.2) is 24.5 Å². The van der Waals surface area contributed by atoms with Gasteiger partial charge in [-0.1, -0.05) is 12.2 Å². The molecule has 0 spiro atoms. The standard InChI is InChI=1S/C16H22N2O2/c1(13-3-6-17-10-13)2-14-9-16(12-18-11-14)20-15-4-7-19-8-5-15/h1-2,9,11-13,15,17H,3-8,10H2/b2-1+. The highest BCUT2D eigenvalue weighted by Crippen LogP contribution is 2.19. The molecule has 2 aliphatic rings. The van der Waals surface area contributed by atoms with Crippen LogP contribution >= 0.6 is 0 Å². The molecule has 0 amide bonds. The fourth-order valence-corrected chi connectivity index (χ4v) is 2.67. The van der Waals surface area contributed by atoms with Gasteiger partial charge in [-0.15, -0.1) is 0 Å². The first kappa shape index (κ1) is 13.6. The van der Waals surface area contributed by atoms with Crippen molar-refractivity contribution in [1.82, 2.24) is 10.3 Å². The third kappa shape index (κ3) is 3.81. The predicted molar refractivity (Wildman–Crippen MR) is 78.7 cm³/mol. The van der Waals surface area contributed by atoms with E-state index >= 15 is 0 Å². The summed E-state index contributed by atoms with van der Waals surface area (Å²) in [5.74, 6) is 1.51. The minimum absolute atomic E-state index is 0.267. The molecule has 4 nitrogen and oxygen atoms in total. The molecule has 2 saturated heterocycles. The molecule has 20 heavy (non-hydrogen) atoms. The molecule has 4 heteroatoms. The molecule has 1 aromatic rings. The Labute approximate surface area is 120 Å². The molecular formula is C16H22N2O2. The van der Waals surface area contributed by atoms with Gasteiger partial charge in [0.2, 0.25) is 0 Å². The molecule has 0 aliphatic carbocycles. The topological polar surface area (TPSA) is 43.4 Å². The van der Waals surface area contributed by atoms with E-state index in [-0.39, 0.29) is 6.10 Å². The van der Waals surface area contributed by atoms with Gasteiger partial charge in [-0.3, -0.25) is 4.98 Å². The highest BCUT2D eigenvalue weighted by molar-refractivity contribution is 5.50. The van der Waals surface area contributed by atoms with Crippen molar-refractivity contribution >= 4 is 6.08 Å². The van der Waals surface area contributed by atoms with Crippen LogP contribution in [-0.4, -0.2) is 37.4 Å². The summed E-state index contributed by atoms with van der Waals surface area (Å²) in [4.78, 5) is 4.27. The number of ether oxygens (including phenoxy) is 2. The van der Waals surface area contributed by atoms with Crippen molar-refractivity contribution in [3.63, 3.8) is 0 Å². The third-order valence-electron chi connectivity index (χ3n) is 3.86. The lowest BCUT2D eigenvalue weighted by Gasteiger charge is -2.23. The Morgan fingerprint density at radius 2 is 2.15 bits per heavy atom. The zero-order valence-corrected chi connectivity index (χ0v) is 11.8. The SMILES string of the molecule is C(=C\C1CCNC1)/c1cncc(OC2CCOCC2)c1. The maximum atomic E-state index is 5.98. The summed E-state index contributed by atoms with van der Waals surface area (Å²) in [6, 6.07) is 2.07. The third-order valence-corrected chi connectivity index (χ3v) is 3.86. The second kappa shape index (κ2) is 6.86. The maximum Gasteiger partial charge on any atom is 0.138 e. The van der Waals surface area contributed by atoms with Gasteiger partial charge in [0, 0.05) is 25.6 Å². The smallest absolute Gasteiger partial charge is 0.138 e. The van der Waals surface area contributed by atoms with E-state index in [0.717, 1.165) is 50.5 Å². The van der Waals surface area contributed by atoms with Gasteiger partial charge in [0.1, 0.15) is 11.9 Å². The summed E-state index contributed by atoms with van der Waals surface area (Å²) in [7, 11) is 0. The van der Waals surface area contributed by atoms with Crippen LogP contribution in [0, 0.1) is 5.92 Å². The molecule has 1 atom stereocenters. The number of aromatic nitrogens is 1. The van der Waals surface area contributed by atoms with Gasteiger partial charge < -0.3 is 14.8 Å². The maximum absolute atomic E-state index is 5.98. The molecule has 3 heterocycles. The summed E-state index contributed by atoms with van der Waals surface area (Å²) >= 11 is 0. The van der Waals surface area contributed by atoms with E-state index in [1.807, 2.05) is 6.20 Å². The zero-order valence-electron chi connectivity index (χ0n) is 11.8. The van der Waals surface area contributed by atoms with Crippen LogP contribution in [0.1, 0.15) is 24.8 Å². The molecule has 2 fully saturated rings. The summed E-state index contributed by atoms with van der Waals surface area (Å²) in [5.41, 5.74) is 1.11. The largest absolute Gasteiger partial charge is 0.489 e. The van der Waals surface area contributed by atoms with Crippen LogP contribution in [0.3, 0.4) is 0 Å². The summed E-state index contributed by atoms with van der Waals surface area (Å²) in [6.45, 7) is 3.81. The minimum Gasteiger partial charge on any atom is -0.489 e. The Morgan fingerprint density at radius 3 is 2.95 bits per heavy atom. The Hall–Kier alpha value is -1.39. The monoisotopic (exact) mass is 274 g/mol. The van der Waals surface area contributed by atoms with Crippen LogP contribution < -0.4 is 10.1 Å². The van der Waals surface area contributed by atoms with Crippen LogP contribution in [-0.2, 0) is 4.74 Å². The van der Waals surface area contributed by atoms with Crippen molar-refractivity contribution in [2.24, 2.45) is 5.92 Å². The quantitative estimate of drug-likeness (QED) is 0.914. The normalized spacial score (nSPS) is 24.3. The molecule has 108 valence electrons. The van der Waals surface area contributed by atoms with E-state index in [1.165, 1.54) is 6.42 Å². The Balaban J connectivity index is 1.59. The molecule has 0 bridgehead atoms. The molecule has 1 N–H and O–H groups in total. The van der Waals surface area contributed by atoms with E-state index in [1.54, 1.807) is 6.20 Å². The van der Waals surface area contributed by atoms with Gasteiger partial charge in [0.05, 0.1) is 19.4 Å². The van der Waals surface area contributed by atoms with Crippen LogP contribution in [0.4, 0.5) is 0 Å². The Morgan fingerprint density at radius 1 is 1.25 bits per heavy atom. The first-order chi connectivity index (χ1) is 9.90. The molecular weight excluding hydrogens is 252 g/mol. The van der Waals surface area contributed by atoms with Crippen molar-refractivity contribution < 1.29 is 9.47 Å². The summed E-state index contributed by atoms with van der Waals surface area (Å²) in [6.07, 6.45) is 11.5. The zero-order chi connectivity index (χ0) is 13.6. The van der Waals surface area contributed by atoms with Gasteiger partial charge in [0.25, 0.3) is 0 Å². The van der Waals surface area contributed by atoms with Crippen LogP contribution in [0.2, 0.25) is 0 Å². The van der Waals surface area contributed by atoms with E-state index in [4.69, 9.17) is 9.47 Å². The molecule has 0 aromatic carbocycles. The van der Waals surface area contributed by atoms with Crippen LogP contribution in [0.25, 0.3) is 6.08 Å². The van der Waals surface area contributed by atoms with E-state index < -0.39 is 0 Å². The molecule has 3 rings (SSSR count). The lowest BCUT2D eigenvalue weighted by molar-refractivity contribution is 0.0254. The van der Waals surface area contributed by atoms with Gasteiger partial charge in [-0.2, -0.15) is 0 Å². The van der Waals surface area contributed by atoms with Crippen molar-refractivity contribution in [2.45, 2.75) is 25.4 Å². The van der Waals surface area contributed by atoms with Crippen molar-refractivity contribution in [2.75, 3.05) is 26.3 Å². The van der Waals surface area contributed by atoms with E-state index in [9.17, 15) is 0 Å². The number of hydrogen-bond donors (Lipinski definition) is 1. The average molecular weight is 274 g/mol. The Kier molecular flexibility index (Phi) is 4.66. The van der Waals surface area contributed by atoms with Gasteiger partial charge in [-0.05, 0) is 30.5 Å². The average Bonchev–Trinajstić information content (AvgIpc) is 3.00. The predicted octanol–water partition coefficient (Wildman–Crippen LogP) is 2.26. The fraction of sp³-hybridized carbons (Fsp3) is 0.562.